The van der Waals surface area contributed by atoms with Crippen molar-refractivity contribution in [1.29, 1.82) is 0 Å². The minimum absolute atomic E-state index is 0.152. The van der Waals surface area contributed by atoms with Gasteiger partial charge in [-0.25, -0.2) is 8.42 Å². The van der Waals surface area contributed by atoms with Crippen LogP contribution in [0.3, 0.4) is 0 Å². The van der Waals surface area contributed by atoms with Crippen LogP contribution in [-0.2, 0) is 16.6 Å². The number of nitrogens with one attached hydrogen (secondary N) is 2. The summed E-state index contributed by atoms with van der Waals surface area (Å²) in [5, 5.41) is 2.92. The van der Waals surface area contributed by atoms with Crippen molar-refractivity contribution in [3.05, 3.63) is 41.6 Å². The lowest BCUT2D eigenvalue weighted by molar-refractivity contribution is 0.466. The number of hydrogen-bond donors (Lipinski definition) is 2. The molecule has 2 aromatic rings. The van der Waals surface area contributed by atoms with Crippen LogP contribution in [-0.4, -0.2) is 20.4 Å². The van der Waals surface area contributed by atoms with Gasteiger partial charge in [0.2, 0.25) is 0 Å². The highest BCUT2D eigenvalue weighted by molar-refractivity contribution is 7.92. The maximum Gasteiger partial charge on any atom is 0.265 e. The van der Waals surface area contributed by atoms with Crippen LogP contribution in [0.4, 0.5) is 5.69 Å². The first-order valence-corrected chi connectivity index (χ1v) is 7.59. The van der Waals surface area contributed by atoms with Gasteiger partial charge in [0.05, 0.1) is 12.2 Å². The lowest BCUT2D eigenvalue weighted by Crippen LogP contribution is -2.14. The molecule has 0 saturated heterocycles. The molecule has 20 heavy (non-hydrogen) atoms. The third-order valence-corrected chi connectivity index (χ3v) is 4.30. The summed E-state index contributed by atoms with van der Waals surface area (Å²) in [4.78, 5) is 4.08. The van der Waals surface area contributed by atoms with Gasteiger partial charge in [-0.3, -0.25) is 9.71 Å². The molecule has 0 bridgehead atoms. The van der Waals surface area contributed by atoms with Crippen LogP contribution in [0, 0.1) is 13.8 Å². The first kappa shape index (κ1) is 14.5. The number of aromatic nitrogens is 1. The molecule has 0 aliphatic heterocycles. The van der Waals surface area contributed by atoms with E-state index in [1.54, 1.807) is 39.4 Å². The highest BCUT2D eigenvalue weighted by Crippen LogP contribution is 2.23. The Balaban J connectivity index is 2.33. The van der Waals surface area contributed by atoms with E-state index in [1.807, 2.05) is 0 Å². The second-order valence-corrected chi connectivity index (χ2v) is 6.11. The van der Waals surface area contributed by atoms with Crippen molar-refractivity contribution in [2.45, 2.75) is 25.3 Å². The lowest BCUT2D eigenvalue weighted by Gasteiger charge is -2.08. The van der Waals surface area contributed by atoms with Crippen molar-refractivity contribution in [1.82, 2.24) is 10.3 Å². The molecule has 0 aliphatic rings. The molecule has 7 heteroatoms. The molecule has 0 spiro atoms. The summed E-state index contributed by atoms with van der Waals surface area (Å²) in [5.41, 5.74) is 1.27. The SMILES string of the molecule is CNCc1cc(S(=O)(=O)Nc2ccncc2C)c(C)o1. The fraction of sp³-hybridized carbons (Fsp3) is 0.308. The van der Waals surface area contributed by atoms with Gasteiger partial charge in [-0.2, -0.15) is 0 Å². The first-order valence-electron chi connectivity index (χ1n) is 6.11. The summed E-state index contributed by atoms with van der Waals surface area (Å²) in [7, 11) is -1.89. The fourth-order valence-electron chi connectivity index (χ4n) is 1.84. The number of rotatable bonds is 5. The van der Waals surface area contributed by atoms with E-state index in [9.17, 15) is 8.42 Å². The summed E-state index contributed by atoms with van der Waals surface area (Å²) >= 11 is 0. The molecule has 0 saturated carbocycles. The number of aryl methyl sites for hydroxylation is 2. The van der Waals surface area contributed by atoms with Gasteiger partial charge in [0.25, 0.3) is 10.0 Å². The van der Waals surface area contributed by atoms with Gasteiger partial charge in [0, 0.05) is 18.5 Å². The van der Waals surface area contributed by atoms with Crippen molar-refractivity contribution >= 4 is 15.7 Å². The molecule has 2 N–H and O–H groups in total. The average Bonchev–Trinajstić information content (AvgIpc) is 2.74. The van der Waals surface area contributed by atoms with Gasteiger partial charge in [-0.15, -0.1) is 0 Å². The zero-order chi connectivity index (χ0) is 14.8. The van der Waals surface area contributed by atoms with Crippen LogP contribution in [0.2, 0.25) is 0 Å². The Bertz CT molecular complexity index is 707. The molecular formula is C13H17N3O3S. The molecule has 2 aromatic heterocycles. The van der Waals surface area contributed by atoms with Crippen molar-refractivity contribution in [2.75, 3.05) is 11.8 Å². The second-order valence-electron chi connectivity index (χ2n) is 4.46. The number of pyridine rings is 1. The Labute approximate surface area is 118 Å². The molecule has 0 fully saturated rings. The molecule has 0 amide bonds. The molecule has 0 atom stereocenters. The second kappa shape index (κ2) is 5.64. The average molecular weight is 295 g/mol. The Hall–Kier alpha value is -1.86. The fourth-order valence-corrected chi connectivity index (χ4v) is 3.18. The zero-order valence-corrected chi connectivity index (χ0v) is 12.4. The Morgan fingerprint density at radius 3 is 2.75 bits per heavy atom. The number of anilines is 1. The number of nitrogens with zero attached hydrogens (tertiary/aromatic N) is 1. The van der Waals surface area contributed by atoms with Crippen molar-refractivity contribution in [3.8, 4) is 0 Å². The smallest absolute Gasteiger partial charge is 0.265 e. The quantitative estimate of drug-likeness (QED) is 0.879. The standard InChI is InChI=1S/C13H17N3O3S/c1-9-7-15-5-4-12(9)16-20(17,18)13-6-11(8-14-3)19-10(13)2/h4-7,14H,8H2,1-3H3,(H,15,16). The Kier molecular flexibility index (Phi) is 4.10. The Morgan fingerprint density at radius 2 is 2.10 bits per heavy atom. The van der Waals surface area contributed by atoms with E-state index >= 15 is 0 Å². The molecule has 0 aliphatic carbocycles. The van der Waals surface area contributed by atoms with Crippen LogP contribution >= 0.6 is 0 Å². The van der Waals surface area contributed by atoms with Gasteiger partial charge in [-0.05, 0) is 32.5 Å². The lowest BCUT2D eigenvalue weighted by atomic mass is 10.3. The molecule has 0 aromatic carbocycles. The maximum atomic E-state index is 12.4. The minimum Gasteiger partial charge on any atom is -0.464 e. The number of sulfonamides is 1. The van der Waals surface area contributed by atoms with E-state index in [0.29, 0.717) is 23.8 Å². The number of furan rings is 1. The van der Waals surface area contributed by atoms with Crippen LogP contribution in [0.25, 0.3) is 0 Å². The summed E-state index contributed by atoms with van der Waals surface area (Å²) in [6.07, 6.45) is 3.14. The van der Waals surface area contributed by atoms with Crippen molar-refractivity contribution in [3.63, 3.8) is 0 Å². The maximum absolute atomic E-state index is 12.4. The zero-order valence-electron chi connectivity index (χ0n) is 11.6. The summed E-state index contributed by atoms with van der Waals surface area (Å²) < 4.78 is 32.7. The van der Waals surface area contributed by atoms with Gasteiger partial charge >= 0.3 is 0 Å². The van der Waals surface area contributed by atoms with E-state index in [4.69, 9.17) is 4.42 Å². The molecular weight excluding hydrogens is 278 g/mol. The van der Waals surface area contributed by atoms with Crippen molar-refractivity contribution < 1.29 is 12.8 Å². The van der Waals surface area contributed by atoms with E-state index < -0.39 is 10.0 Å². The molecule has 2 heterocycles. The van der Waals surface area contributed by atoms with E-state index in [0.717, 1.165) is 5.56 Å². The summed E-state index contributed by atoms with van der Waals surface area (Å²) in [6, 6.07) is 3.15. The monoisotopic (exact) mass is 295 g/mol. The predicted molar refractivity (Wildman–Crippen MR) is 76.0 cm³/mol. The largest absolute Gasteiger partial charge is 0.464 e. The molecule has 108 valence electrons. The van der Waals surface area contributed by atoms with Gasteiger partial charge in [0.1, 0.15) is 16.4 Å². The van der Waals surface area contributed by atoms with E-state index in [2.05, 4.69) is 15.0 Å². The highest BCUT2D eigenvalue weighted by atomic mass is 32.2. The van der Waals surface area contributed by atoms with Crippen LogP contribution in [0.15, 0.2) is 33.8 Å². The third-order valence-electron chi connectivity index (χ3n) is 2.83. The summed E-state index contributed by atoms with van der Waals surface area (Å²) in [5.74, 6) is 0.950. The molecule has 0 radical (unpaired) electrons. The predicted octanol–water partition coefficient (Wildman–Crippen LogP) is 1.81. The Morgan fingerprint density at radius 1 is 1.35 bits per heavy atom. The van der Waals surface area contributed by atoms with Crippen molar-refractivity contribution in [2.24, 2.45) is 0 Å². The first-order chi connectivity index (χ1) is 9.44. The molecule has 2 rings (SSSR count). The molecule has 6 nitrogen and oxygen atoms in total. The minimum atomic E-state index is -3.66. The number of hydrogen-bond acceptors (Lipinski definition) is 5. The molecule has 0 unspecified atom stereocenters. The van der Waals surface area contributed by atoms with Gasteiger partial charge in [0.15, 0.2) is 0 Å². The van der Waals surface area contributed by atoms with Crippen LogP contribution in [0.1, 0.15) is 17.1 Å². The van der Waals surface area contributed by atoms with Crippen LogP contribution < -0.4 is 10.0 Å². The van der Waals surface area contributed by atoms with Gasteiger partial charge < -0.3 is 9.73 Å². The van der Waals surface area contributed by atoms with Crippen LogP contribution in [0.5, 0.6) is 0 Å². The third kappa shape index (κ3) is 3.00. The topological polar surface area (TPSA) is 84.2 Å². The van der Waals surface area contributed by atoms with E-state index in [-0.39, 0.29) is 4.90 Å². The normalized spacial score (nSPS) is 11.6. The van der Waals surface area contributed by atoms with E-state index in [1.165, 1.54) is 6.07 Å². The van der Waals surface area contributed by atoms with Gasteiger partial charge in [-0.1, -0.05) is 0 Å². The highest BCUT2D eigenvalue weighted by Gasteiger charge is 2.21. The summed E-state index contributed by atoms with van der Waals surface area (Å²) in [6.45, 7) is 3.90.